The Labute approximate surface area is 119 Å². The van der Waals surface area contributed by atoms with Crippen LogP contribution in [0.5, 0.6) is 5.75 Å². The Morgan fingerprint density at radius 2 is 1.75 bits per heavy atom. The molecule has 0 radical (unpaired) electrons. The second-order valence-electron chi connectivity index (χ2n) is 4.40. The summed E-state index contributed by atoms with van der Waals surface area (Å²) >= 11 is 0. The molecule has 0 atom stereocenters. The lowest BCUT2D eigenvalue weighted by Gasteiger charge is -2.17. The zero-order valence-corrected chi connectivity index (χ0v) is 12.3. The number of hydrogen-bond acceptors (Lipinski definition) is 4. The van der Waals surface area contributed by atoms with Crippen molar-refractivity contribution in [1.29, 1.82) is 0 Å². The highest BCUT2D eigenvalue weighted by atomic mass is 16.5. The largest absolute Gasteiger partial charge is 0.427 e. The van der Waals surface area contributed by atoms with Gasteiger partial charge in [-0.05, 0) is 37.4 Å². The quantitative estimate of drug-likeness (QED) is 0.609. The third-order valence-corrected chi connectivity index (χ3v) is 2.99. The minimum Gasteiger partial charge on any atom is -0.427 e. The van der Waals surface area contributed by atoms with Gasteiger partial charge in [0.15, 0.2) is 0 Å². The highest BCUT2D eigenvalue weighted by Crippen LogP contribution is 2.12. The minimum atomic E-state index is -0.374. The van der Waals surface area contributed by atoms with Gasteiger partial charge in [0.25, 0.3) is 5.91 Å². The van der Waals surface area contributed by atoms with Gasteiger partial charge in [0.2, 0.25) is 0 Å². The lowest BCUT2D eigenvalue weighted by Crippen LogP contribution is -2.34. The van der Waals surface area contributed by atoms with Gasteiger partial charge in [-0.3, -0.25) is 9.59 Å². The molecule has 0 aliphatic heterocycles. The van der Waals surface area contributed by atoms with Crippen LogP contribution >= 0.6 is 0 Å². The molecule has 0 saturated carbocycles. The molecule has 0 spiro atoms. The van der Waals surface area contributed by atoms with Crippen LogP contribution in [0.3, 0.4) is 0 Å². The van der Waals surface area contributed by atoms with Gasteiger partial charge in [0.05, 0.1) is 0 Å². The number of benzene rings is 1. The summed E-state index contributed by atoms with van der Waals surface area (Å²) in [7, 11) is 0. The molecule has 0 aromatic heterocycles. The molecule has 5 nitrogen and oxygen atoms in total. The van der Waals surface area contributed by atoms with Crippen molar-refractivity contribution >= 4 is 11.9 Å². The second kappa shape index (κ2) is 8.32. The van der Waals surface area contributed by atoms with Crippen molar-refractivity contribution in [2.75, 3.05) is 26.2 Å². The van der Waals surface area contributed by atoms with Crippen LogP contribution in [0.15, 0.2) is 24.3 Å². The van der Waals surface area contributed by atoms with Gasteiger partial charge in [-0.1, -0.05) is 13.8 Å². The summed E-state index contributed by atoms with van der Waals surface area (Å²) in [6, 6.07) is 6.51. The Kier molecular flexibility index (Phi) is 6.73. The molecule has 1 rings (SSSR count). The van der Waals surface area contributed by atoms with Crippen molar-refractivity contribution in [3.05, 3.63) is 29.8 Å². The fourth-order valence-electron chi connectivity index (χ4n) is 1.81. The zero-order chi connectivity index (χ0) is 15.0. The summed E-state index contributed by atoms with van der Waals surface area (Å²) < 4.78 is 4.91. The van der Waals surface area contributed by atoms with Gasteiger partial charge < -0.3 is 15.0 Å². The van der Waals surface area contributed by atoms with E-state index in [1.807, 2.05) is 0 Å². The second-order valence-corrected chi connectivity index (χ2v) is 4.40. The van der Waals surface area contributed by atoms with Gasteiger partial charge >= 0.3 is 5.97 Å². The Hall–Kier alpha value is -1.88. The first-order valence-corrected chi connectivity index (χ1v) is 6.85. The lowest BCUT2D eigenvalue weighted by atomic mass is 10.2. The number of ether oxygens (including phenoxy) is 1. The first kappa shape index (κ1) is 16.2. The monoisotopic (exact) mass is 278 g/mol. The molecule has 0 heterocycles. The van der Waals surface area contributed by atoms with E-state index >= 15 is 0 Å². The molecule has 0 bridgehead atoms. The SMILES string of the molecule is CCN(CC)CCNC(=O)c1ccc(OC(C)=O)cc1. The number of rotatable bonds is 7. The van der Waals surface area contributed by atoms with E-state index in [2.05, 4.69) is 24.1 Å². The van der Waals surface area contributed by atoms with Crippen molar-refractivity contribution in [3.63, 3.8) is 0 Å². The van der Waals surface area contributed by atoms with Crippen LogP contribution in [0.4, 0.5) is 0 Å². The zero-order valence-electron chi connectivity index (χ0n) is 12.3. The number of nitrogens with one attached hydrogen (secondary N) is 1. The number of carbonyl (C=O) groups is 2. The van der Waals surface area contributed by atoms with E-state index in [0.29, 0.717) is 17.9 Å². The lowest BCUT2D eigenvalue weighted by molar-refractivity contribution is -0.131. The molecule has 20 heavy (non-hydrogen) atoms. The number of hydrogen-bond donors (Lipinski definition) is 1. The van der Waals surface area contributed by atoms with Crippen LogP contribution in [-0.2, 0) is 4.79 Å². The van der Waals surface area contributed by atoms with E-state index in [4.69, 9.17) is 4.74 Å². The fraction of sp³-hybridized carbons (Fsp3) is 0.467. The number of nitrogens with zero attached hydrogens (tertiary/aromatic N) is 1. The average Bonchev–Trinajstić information content (AvgIpc) is 2.43. The topological polar surface area (TPSA) is 58.6 Å². The maximum atomic E-state index is 11.9. The predicted molar refractivity (Wildman–Crippen MR) is 77.9 cm³/mol. The molecule has 0 unspecified atom stereocenters. The molecule has 0 aliphatic rings. The van der Waals surface area contributed by atoms with Crippen LogP contribution in [0.1, 0.15) is 31.1 Å². The number of likely N-dealkylation sites (N-methyl/N-ethyl adjacent to an activating group) is 1. The number of amides is 1. The molecule has 5 heteroatoms. The molecule has 0 aliphatic carbocycles. The summed E-state index contributed by atoms with van der Waals surface area (Å²) in [5.74, 6) is -0.0508. The summed E-state index contributed by atoms with van der Waals surface area (Å²) in [6.45, 7) is 8.94. The van der Waals surface area contributed by atoms with Gasteiger partial charge in [-0.2, -0.15) is 0 Å². The smallest absolute Gasteiger partial charge is 0.308 e. The standard InChI is InChI=1S/C15H22N2O3/c1-4-17(5-2)11-10-16-15(19)13-6-8-14(9-7-13)20-12(3)18/h6-9H,4-5,10-11H2,1-3H3,(H,16,19). The van der Waals surface area contributed by atoms with E-state index in [-0.39, 0.29) is 11.9 Å². The fourth-order valence-corrected chi connectivity index (χ4v) is 1.81. The normalized spacial score (nSPS) is 10.4. The summed E-state index contributed by atoms with van der Waals surface area (Å²) in [4.78, 5) is 24.9. The van der Waals surface area contributed by atoms with Gasteiger partial charge in [0.1, 0.15) is 5.75 Å². The minimum absolute atomic E-state index is 0.119. The maximum Gasteiger partial charge on any atom is 0.308 e. The summed E-state index contributed by atoms with van der Waals surface area (Å²) in [5.41, 5.74) is 0.556. The van der Waals surface area contributed by atoms with Crippen LogP contribution in [0, 0.1) is 0 Å². The van der Waals surface area contributed by atoms with Crippen molar-refractivity contribution < 1.29 is 14.3 Å². The summed E-state index contributed by atoms with van der Waals surface area (Å²) in [5, 5.41) is 2.87. The van der Waals surface area contributed by atoms with Crippen molar-refractivity contribution in [3.8, 4) is 5.75 Å². The molecule has 1 N–H and O–H groups in total. The average molecular weight is 278 g/mol. The molecular formula is C15H22N2O3. The molecule has 0 fully saturated rings. The molecule has 0 saturated heterocycles. The molecule has 1 amide bonds. The maximum absolute atomic E-state index is 11.9. The first-order valence-electron chi connectivity index (χ1n) is 6.85. The van der Waals surface area contributed by atoms with E-state index in [1.54, 1.807) is 24.3 Å². The van der Waals surface area contributed by atoms with E-state index in [0.717, 1.165) is 19.6 Å². The van der Waals surface area contributed by atoms with Gasteiger partial charge in [-0.25, -0.2) is 0 Å². The predicted octanol–water partition coefficient (Wildman–Crippen LogP) is 1.68. The molecule has 1 aromatic carbocycles. The Balaban J connectivity index is 2.45. The van der Waals surface area contributed by atoms with Gasteiger partial charge in [-0.15, -0.1) is 0 Å². The first-order chi connectivity index (χ1) is 9.56. The number of carbonyl (C=O) groups excluding carboxylic acids is 2. The number of esters is 1. The van der Waals surface area contributed by atoms with Crippen molar-refractivity contribution in [2.45, 2.75) is 20.8 Å². The highest BCUT2D eigenvalue weighted by molar-refractivity contribution is 5.94. The van der Waals surface area contributed by atoms with Crippen LogP contribution < -0.4 is 10.1 Å². The Bertz CT molecular complexity index is 439. The third-order valence-electron chi connectivity index (χ3n) is 2.99. The van der Waals surface area contributed by atoms with Crippen molar-refractivity contribution in [1.82, 2.24) is 10.2 Å². The van der Waals surface area contributed by atoms with E-state index in [1.165, 1.54) is 6.92 Å². The Morgan fingerprint density at radius 1 is 1.15 bits per heavy atom. The molecular weight excluding hydrogens is 256 g/mol. The molecule has 1 aromatic rings. The van der Waals surface area contributed by atoms with Crippen molar-refractivity contribution in [2.24, 2.45) is 0 Å². The highest BCUT2D eigenvalue weighted by Gasteiger charge is 2.06. The Morgan fingerprint density at radius 3 is 2.25 bits per heavy atom. The van der Waals surface area contributed by atoms with Crippen LogP contribution in [0.2, 0.25) is 0 Å². The molecule has 110 valence electrons. The van der Waals surface area contributed by atoms with E-state index < -0.39 is 0 Å². The van der Waals surface area contributed by atoms with E-state index in [9.17, 15) is 9.59 Å². The van der Waals surface area contributed by atoms with Crippen LogP contribution in [0.25, 0.3) is 0 Å². The third kappa shape index (κ3) is 5.40. The van der Waals surface area contributed by atoms with Crippen LogP contribution in [-0.4, -0.2) is 43.0 Å². The summed E-state index contributed by atoms with van der Waals surface area (Å²) in [6.07, 6.45) is 0. The van der Waals surface area contributed by atoms with Gasteiger partial charge in [0, 0.05) is 25.6 Å².